The molecule has 2 heterocycles. The third-order valence-corrected chi connectivity index (χ3v) is 12.1. The maximum atomic E-state index is 17.7. The third kappa shape index (κ3) is 11.5. The molecule has 310 valence electrons. The molecule has 1 saturated heterocycles. The van der Waals surface area contributed by atoms with Gasteiger partial charge in [-0.05, 0) is 152 Å². The highest BCUT2D eigenvalue weighted by Gasteiger charge is 2.43. The number of nitrogens with one attached hydrogen (secondary N) is 1. The molecule has 2 aliphatic rings. The molecule has 55 heavy (non-hydrogen) atoms. The molecule has 2 unspecified atom stereocenters. The maximum absolute atomic E-state index is 17.7. The number of fused-ring (bicyclic) bond motifs is 1. The quantitative estimate of drug-likeness (QED) is 0.123. The zero-order valence-corrected chi connectivity index (χ0v) is 37.9. The first-order valence-electron chi connectivity index (χ1n) is 21.6. The van der Waals surface area contributed by atoms with Gasteiger partial charge in [0.25, 0.3) is 0 Å². The molecule has 0 spiro atoms. The number of benzene rings is 1. The number of aryl methyl sites for hydroxylation is 1. The predicted molar refractivity (Wildman–Crippen MR) is 239 cm³/mol. The molecule has 7 heteroatoms. The first-order chi connectivity index (χ1) is 26.2. The average molecular weight is 762 g/mol. The number of hydrogen-bond donors (Lipinski definition) is 2. The van der Waals surface area contributed by atoms with Gasteiger partial charge in [-0.3, -0.25) is 0 Å². The van der Waals surface area contributed by atoms with Gasteiger partial charge in [0.1, 0.15) is 11.3 Å². The van der Waals surface area contributed by atoms with Gasteiger partial charge in [-0.15, -0.1) is 0 Å². The number of ether oxygens (including phenoxy) is 1. The third-order valence-electron chi connectivity index (χ3n) is 12.1. The van der Waals surface area contributed by atoms with Crippen LogP contribution in [-0.4, -0.2) is 48.8 Å². The largest absolute Gasteiger partial charge is 0.463 e. The second kappa shape index (κ2) is 22.6. The van der Waals surface area contributed by atoms with Gasteiger partial charge in [-0.1, -0.05) is 85.6 Å². The summed E-state index contributed by atoms with van der Waals surface area (Å²) in [5.41, 5.74) is 14.0. The van der Waals surface area contributed by atoms with E-state index in [0.717, 1.165) is 121 Å². The van der Waals surface area contributed by atoms with Crippen molar-refractivity contribution in [3.05, 3.63) is 63.0 Å². The second-order valence-electron chi connectivity index (χ2n) is 16.4. The van der Waals surface area contributed by atoms with Gasteiger partial charge in [-0.2, -0.15) is 9.97 Å². The molecule has 3 N–H and O–H groups in total. The molecule has 2 fully saturated rings. The highest BCUT2D eigenvalue weighted by atomic mass is 19.1. The van der Waals surface area contributed by atoms with E-state index < -0.39 is 0 Å². The number of aromatic nitrogens is 2. The van der Waals surface area contributed by atoms with E-state index in [4.69, 9.17) is 14.7 Å². The highest BCUT2D eigenvalue weighted by molar-refractivity contribution is 5.99. The Morgan fingerprint density at radius 2 is 1.51 bits per heavy atom. The molecule has 6 nitrogen and oxygen atoms in total. The number of nitrogens with two attached hydrogens (primary N) is 1. The van der Waals surface area contributed by atoms with Crippen molar-refractivity contribution in [2.45, 2.75) is 173 Å². The first-order valence-corrected chi connectivity index (χ1v) is 21.6. The van der Waals surface area contributed by atoms with Crippen LogP contribution in [-0.2, 0) is 12.8 Å². The molecule has 1 aromatic heterocycles. The molecule has 0 amide bonds. The molecular weight excluding hydrogens is 682 g/mol. The number of anilines is 1. The minimum absolute atomic E-state index is 0.0988. The lowest BCUT2D eigenvalue weighted by atomic mass is 9.82. The fraction of sp³-hybridized carbons (Fsp3) is 0.667. The van der Waals surface area contributed by atoms with E-state index in [1.165, 1.54) is 19.0 Å². The number of halogens is 1. The smallest absolute Gasteiger partial charge is 0.319 e. The Labute approximate surface area is 336 Å². The Bertz CT molecular complexity index is 1650. The molecule has 4 rings (SSSR count). The normalized spacial score (nSPS) is 18.0. The van der Waals surface area contributed by atoms with Crippen LogP contribution < -0.4 is 20.7 Å². The van der Waals surface area contributed by atoms with Crippen LogP contribution in [0, 0.1) is 17.2 Å². The number of rotatable bonds is 17. The van der Waals surface area contributed by atoms with Gasteiger partial charge in [-0.25, -0.2) is 4.39 Å². The Balaban J connectivity index is 0.00000138. The summed E-state index contributed by atoms with van der Waals surface area (Å²) in [6, 6.07) is 0.986. The molecule has 2 atom stereocenters. The van der Waals surface area contributed by atoms with Crippen molar-refractivity contribution >= 4 is 22.3 Å². The molecular formula is C48H80FN5O. The van der Waals surface area contributed by atoms with Gasteiger partial charge in [0.05, 0.1) is 6.61 Å². The van der Waals surface area contributed by atoms with Crippen LogP contribution in [0.1, 0.15) is 165 Å². The summed E-state index contributed by atoms with van der Waals surface area (Å²) >= 11 is 0. The van der Waals surface area contributed by atoms with Gasteiger partial charge in [0, 0.05) is 35.0 Å². The molecule has 0 radical (unpaired) electrons. The van der Waals surface area contributed by atoms with Gasteiger partial charge in [0.15, 0.2) is 5.82 Å². The van der Waals surface area contributed by atoms with E-state index in [-0.39, 0.29) is 17.2 Å². The van der Waals surface area contributed by atoms with Crippen molar-refractivity contribution in [1.29, 1.82) is 0 Å². The van der Waals surface area contributed by atoms with Crippen LogP contribution in [0.15, 0.2) is 40.5 Å². The predicted octanol–water partition coefficient (Wildman–Crippen LogP) is 12.5. The highest BCUT2D eigenvalue weighted by Crippen LogP contribution is 2.47. The summed E-state index contributed by atoms with van der Waals surface area (Å²) in [6.07, 6.45) is 12.5. The number of nitrogens with zero attached hydrogens (tertiary/aromatic N) is 3. The van der Waals surface area contributed by atoms with E-state index in [1.807, 2.05) is 0 Å². The number of allylic oxidation sites excluding steroid dienone is 7. The molecule has 1 saturated carbocycles. The van der Waals surface area contributed by atoms with Gasteiger partial charge < -0.3 is 20.7 Å². The van der Waals surface area contributed by atoms with Crippen LogP contribution in [0.25, 0.3) is 16.5 Å². The van der Waals surface area contributed by atoms with Crippen LogP contribution in [0.5, 0.6) is 6.01 Å². The Morgan fingerprint density at radius 1 is 0.945 bits per heavy atom. The van der Waals surface area contributed by atoms with Gasteiger partial charge >= 0.3 is 6.01 Å². The monoisotopic (exact) mass is 762 g/mol. The maximum Gasteiger partial charge on any atom is 0.319 e. The fourth-order valence-corrected chi connectivity index (χ4v) is 7.69. The van der Waals surface area contributed by atoms with E-state index in [0.29, 0.717) is 36.2 Å². The van der Waals surface area contributed by atoms with Crippen molar-refractivity contribution in [3.63, 3.8) is 0 Å². The van der Waals surface area contributed by atoms with Crippen molar-refractivity contribution in [2.75, 3.05) is 31.6 Å². The fourth-order valence-electron chi connectivity index (χ4n) is 7.69. The van der Waals surface area contributed by atoms with Crippen LogP contribution in [0.2, 0.25) is 0 Å². The zero-order chi connectivity index (χ0) is 41.6. The summed E-state index contributed by atoms with van der Waals surface area (Å²) in [4.78, 5) is 12.7. The topological polar surface area (TPSA) is 76.3 Å². The second-order valence-corrected chi connectivity index (χ2v) is 16.4. The van der Waals surface area contributed by atoms with E-state index in [9.17, 15) is 0 Å². The van der Waals surface area contributed by atoms with E-state index in [1.54, 1.807) is 0 Å². The Kier molecular flexibility index (Phi) is 19.8. The average Bonchev–Trinajstić information content (AvgIpc) is 3.84. The van der Waals surface area contributed by atoms with Crippen molar-refractivity contribution in [2.24, 2.45) is 17.1 Å². The van der Waals surface area contributed by atoms with E-state index >= 15 is 4.39 Å². The first kappa shape index (κ1) is 48.1. The number of hydrogen-bond acceptors (Lipinski definition) is 6. The van der Waals surface area contributed by atoms with E-state index in [2.05, 4.69) is 126 Å². The molecule has 0 bridgehead atoms. The Hall–Kier alpha value is -3.03. The van der Waals surface area contributed by atoms with Crippen molar-refractivity contribution < 1.29 is 9.13 Å². The summed E-state index contributed by atoms with van der Waals surface area (Å²) < 4.78 is 24.2. The SMILES string of the molecule is C=C(/C(C(C)=C(C)C)=C(C)\C(C)=C/C)c1c(CC)c(CC)c2c(N3C(CC)CCC3CC)nc(OCC3(CNCCC)CC3)nc2c1F.CCC(C)C.CN. The lowest BCUT2D eigenvalue weighted by Gasteiger charge is -2.33. The minimum atomic E-state index is -0.312. The lowest BCUT2D eigenvalue weighted by Crippen LogP contribution is -2.37. The molecule has 1 aliphatic carbocycles. The van der Waals surface area contributed by atoms with Crippen LogP contribution in [0.4, 0.5) is 10.2 Å². The summed E-state index contributed by atoms with van der Waals surface area (Å²) in [5.74, 6) is 1.42. The molecule has 2 aromatic rings. The summed E-state index contributed by atoms with van der Waals surface area (Å²) in [7, 11) is 1.50. The summed E-state index contributed by atoms with van der Waals surface area (Å²) in [6.45, 7) is 37.4. The van der Waals surface area contributed by atoms with Gasteiger partial charge in [0.2, 0.25) is 0 Å². The molecule has 1 aromatic carbocycles. The zero-order valence-electron chi connectivity index (χ0n) is 37.9. The minimum Gasteiger partial charge on any atom is -0.463 e. The Morgan fingerprint density at radius 3 is 1.95 bits per heavy atom. The van der Waals surface area contributed by atoms with Crippen molar-refractivity contribution in [3.8, 4) is 6.01 Å². The van der Waals surface area contributed by atoms with Crippen LogP contribution in [0.3, 0.4) is 0 Å². The standard InChI is InChI=1S/C42H63FN4O.C5H12.CH5N/c1-13-23-44-24-42(21-22-42)25-48-41-45-39-37(40(46-41)47-31(15-3)19-20-32(47)16-4)34(18-6)33(17-5)36(38(39)43)30(12)35(28(10)26(7)8)29(11)27(9)14-2;1-4-5(2)3;1-2/h14,31-32,44H,12-13,15-25H2,1-11H3;5H,4H2,1-3H3;2H2,1H3/b27-14-,35-29-;;. The molecule has 1 aliphatic heterocycles. The van der Waals surface area contributed by atoms with Crippen LogP contribution >= 0.6 is 0 Å². The lowest BCUT2D eigenvalue weighted by molar-refractivity contribution is 0.214. The van der Waals surface area contributed by atoms with Crippen molar-refractivity contribution in [1.82, 2.24) is 15.3 Å². The summed E-state index contributed by atoms with van der Waals surface area (Å²) in [5, 5.41) is 4.43.